The first-order valence-electron chi connectivity index (χ1n) is 9.58. The number of likely N-dealkylation sites (tertiary alicyclic amines) is 1. The molecule has 4 rings (SSSR count). The van der Waals surface area contributed by atoms with Crippen molar-refractivity contribution in [2.45, 2.75) is 31.8 Å². The summed E-state index contributed by atoms with van der Waals surface area (Å²) >= 11 is 0. The minimum absolute atomic E-state index is 0.0295. The summed E-state index contributed by atoms with van der Waals surface area (Å²) in [7, 11) is 0. The minimum Gasteiger partial charge on any atom is -0.383 e. The maximum atomic E-state index is 13.5. The van der Waals surface area contributed by atoms with E-state index in [9.17, 15) is 14.0 Å². The number of carbonyl (C=O) groups excluding carboxylic acids is 2. The lowest BCUT2D eigenvalue weighted by Gasteiger charge is -2.32. The average molecular weight is 386 g/mol. The molecule has 1 atom stereocenters. The summed E-state index contributed by atoms with van der Waals surface area (Å²) < 4.78 is 20.3. The Balaban J connectivity index is 1.42. The van der Waals surface area contributed by atoms with Crippen molar-refractivity contribution in [1.82, 2.24) is 14.7 Å². The second-order valence-corrected chi connectivity index (χ2v) is 7.30. The number of carbonyl (C=O) groups is 2. The average Bonchev–Trinajstić information content (AvgIpc) is 3.37. The quantitative estimate of drug-likeness (QED) is 0.814. The van der Waals surface area contributed by atoms with Crippen LogP contribution >= 0.6 is 0 Å². The van der Waals surface area contributed by atoms with Crippen LogP contribution in [0.15, 0.2) is 30.5 Å². The molecule has 0 radical (unpaired) electrons. The summed E-state index contributed by atoms with van der Waals surface area (Å²) in [6.07, 6.45) is 3.97. The molecular weight excluding hydrogens is 363 g/mol. The van der Waals surface area contributed by atoms with E-state index in [1.54, 1.807) is 17.0 Å². The standard InChI is InChI=1S/C20H23FN4O3/c21-14-3-1-4-15(11-14)25-19(22)16(12-23-25)18(26)13-6-8-24(9-7-13)20(27)17-5-2-10-28-17/h1,3-4,11-13,17H,2,5-10,22H2. The molecule has 2 saturated heterocycles. The molecule has 7 nitrogen and oxygen atoms in total. The molecule has 1 amide bonds. The fourth-order valence-electron chi connectivity index (χ4n) is 3.92. The van der Waals surface area contributed by atoms with Crippen LogP contribution in [0.5, 0.6) is 0 Å². The van der Waals surface area contributed by atoms with Gasteiger partial charge in [0.05, 0.1) is 17.4 Å². The van der Waals surface area contributed by atoms with Crippen molar-refractivity contribution in [1.29, 1.82) is 0 Å². The number of hydrogen-bond acceptors (Lipinski definition) is 5. The molecule has 0 saturated carbocycles. The lowest BCUT2D eigenvalue weighted by atomic mass is 9.89. The highest BCUT2D eigenvalue weighted by Crippen LogP contribution is 2.27. The fourth-order valence-corrected chi connectivity index (χ4v) is 3.92. The number of rotatable bonds is 4. The third-order valence-electron chi connectivity index (χ3n) is 5.51. The molecule has 148 valence electrons. The number of Topliss-reactive ketones (excluding diaryl/α,β-unsaturated/α-hetero) is 1. The third kappa shape index (κ3) is 3.52. The van der Waals surface area contributed by atoms with E-state index in [-0.39, 0.29) is 29.5 Å². The van der Waals surface area contributed by atoms with Gasteiger partial charge in [0.2, 0.25) is 0 Å². The smallest absolute Gasteiger partial charge is 0.251 e. The lowest BCUT2D eigenvalue weighted by molar-refractivity contribution is -0.142. The fraction of sp³-hybridized carbons (Fsp3) is 0.450. The molecular formula is C20H23FN4O3. The van der Waals surface area contributed by atoms with Gasteiger partial charge in [0.1, 0.15) is 17.7 Å². The van der Waals surface area contributed by atoms with E-state index in [0.29, 0.717) is 43.8 Å². The van der Waals surface area contributed by atoms with Crippen LogP contribution in [0.25, 0.3) is 5.69 Å². The molecule has 3 heterocycles. The number of aromatic nitrogens is 2. The zero-order valence-corrected chi connectivity index (χ0v) is 15.5. The summed E-state index contributed by atoms with van der Waals surface area (Å²) in [5.74, 6) is -0.454. The second-order valence-electron chi connectivity index (χ2n) is 7.30. The summed E-state index contributed by atoms with van der Waals surface area (Å²) in [6, 6.07) is 5.89. The first-order valence-corrected chi connectivity index (χ1v) is 9.58. The Kier molecular flexibility index (Phi) is 5.13. The molecule has 0 bridgehead atoms. The topological polar surface area (TPSA) is 90.5 Å². The number of nitrogens with two attached hydrogens (primary N) is 1. The number of halogens is 1. The summed E-state index contributed by atoms with van der Waals surface area (Å²) in [5.41, 5.74) is 6.93. The van der Waals surface area contributed by atoms with E-state index in [4.69, 9.17) is 10.5 Å². The van der Waals surface area contributed by atoms with Crippen LogP contribution in [-0.4, -0.2) is 52.2 Å². The van der Waals surface area contributed by atoms with Gasteiger partial charge in [-0.15, -0.1) is 0 Å². The molecule has 2 N–H and O–H groups in total. The van der Waals surface area contributed by atoms with Gasteiger partial charge in [0.15, 0.2) is 5.78 Å². The predicted octanol–water partition coefficient (Wildman–Crippen LogP) is 2.19. The van der Waals surface area contributed by atoms with Crippen LogP contribution in [0, 0.1) is 11.7 Å². The number of nitrogen functional groups attached to an aromatic ring is 1. The number of hydrogen-bond donors (Lipinski definition) is 1. The zero-order chi connectivity index (χ0) is 19.7. The van der Waals surface area contributed by atoms with Crippen LogP contribution in [0.3, 0.4) is 0 Å². The number of nitrogens with zero attached hydrogens (tertiary/aromatic N) is 3. The van der Waals surface area contributed by atoms with Crippen molar-refractivity contribution in [3.8, 4) is 5.69 Å². The number of anilines is 1. The molecule has 1 unspecified atom stereocenters. The van der Waals surface area contributed by atoms with Gasteiger partial charge in [-0.25, -0.2) is 9.07 Å². The van der Waals surface area contributed by atoms with E-state index in [1.807, 2.05) is 0 Å². The second kappa shape index (κ2) is 7.71. The van der Waals surface area contributed by atoms with Crippen LogP contribution in [0.1, 0.15) is 36.0 Å². The third-order valence-corrected chi connectivity index (χ3v) is 5.51. The van der Waals surface area contributed by atoms with Gasteiger partial charge in [0, 0.05) is 25.6 Å². The highest BCUT2D eigenvalue weighted by molar-refractivity contribution is 6.01. The van der Waals surface area contributed by atoms with Crippen molar-refractivity contribution in [2.24, 2.45) is 5.92 Å². The highest BCUT2D eigenvalue weighted by atomic mass is 19.1. The first kappa shape index (κ1) is 18.6. The Morgan fingerprint density at radius 1 is 1.21 bits per heavy atom. The Morgan fingerprint density at radius 3 is 2.68 bits per heavy atom. The molecule has 0 spiro atoms. The summed E-state index contributed by atoms with van der Waals surface area (Å²) in [5, 5.41) is 4.16. The largest absolute Gasteiger partial charge is 0.383 e. The number of amides is 1. The summed E-state index contributed by atoms with van der Waals surface area (Å²) in [4.78, 5) is 27.2. The summed E-state index contributed by atoms with van der Waals surface area (Å²) in [6.45, 7) is 1.71. The Labute approximate surface area is 162 Å². The molecule has 28 heavy (non-hydrogen) atoms. The van der Waals surface area contributed by atoms with Crippen molar-refractivity contribution >= 4 is 17.5 Å². The maximum absolute atomic E-state index is 13.5. The molecule has 0 aliphatic carbocycles. The van der Waals surface area contributed by atoms with E-state index in [1.165, 1.54) is 23.0 Å². The molecule has 2 aliphatic rings. The van der Waals surface area contributed by atoms with Crippen LogP contribution in [-0.2, 0) is 9.53 Å². The first-order chi connectivity index (χ1) is 13.5. The molecule has 1 aromatic heterocycles. The van der Waals surface area contributed by atoms with E-state index in [2.05, 4.69) is 5.10 Å². The Morgan fingerprint density at radius 2 is 2.00 bits per heavy atom. The Bertz CT molecular complexity index is 883. The van der Waals surface area contributed by atoms with Gasteiger partial charge in [0.25, 0.3) is 5.91 Å². The Hall–Kier alpha value is -2.74. The number of benzene rings is 1. The van der Waals surface area contributed by atoms with E-state index >= 15 is 0 Å². The van der Waals surface area contributed by atoms with Crippen molar-refractivity contribution in [2.75, 3.05) is 25.4 Å². The SMILES string of the molecule is Nc1c(C(=O)C2CCN(C(=O)C3CCCO3)CC2)cnn1-c1cccc(F)c1. The van der Waals surface area contributed by atoms with E-state index in [0.717, 1.165) is 12.8 Å². The predicted molar refractivity (Wildman–Crippen MR) is 101 cm³/mol. The van der Waals surface area contributed by atoms with Crippen LogP contribution < -0.4 is 5.73 Å². The molecule has 2 aromatic rings. The van der Waals surface area contributed by atoms with Gasteiger partial charge in [-0.1, -0.05) is 6.07 Å². The van der Waals surface area contributed by atoms with Crippen LogP contribution in [0.2, 0.25) is 0 Å². The highest BCUT2D eigenvalue weighted by Gasteiger charge is 2.33. The molecule has 8 heteroatoms. The van der Waals surface area contributed by atoms with Crippen molar-refractivity contribution < 1.29 is 18.7 Å². The van der Waals surface area contributed by atoms with Gasteiger partial charge in [-0.05, 0) is 43.9 Å². The van der Waals surface area contributed by atoms with Gasteiger partial charge >= 0.3 is 0 Å². The number of piperidine rings is 1. The van der Waals surface area contributed by atoms with Crippen LogP contribution in [0.4, 0.5) is 10.2 Å². The molecule has 2 aliphatic heterocycles. The van der Waals surface area contributed by atoms with Gasteiger partial charge in [-0.2, -0.15) is 5.10 Å². The van der Waals surface area contributed by atoms with Gasteiger partial charge in [-0.3, -0.25) is 9.59 Å². The lowest BCUT2D eigenvalue weighted by Crippen LogP contribution is -2.44. The van der Waals surface area contributed by atoms with Gasteiger partial charge < -0.3 is 15.4 Å². The van der Waals surface area contributed by atoms with Crippen molar-refractivity contribution in [3.05, 3.63) is 41.8 Å². The monoisotopic (exact) mass is 386 g/mol. The van der Waals surface area contributed by atoms with E-state index < -0.39 is 5.82 Å². The minimum atomic E-state index is -0.399. The number of ketones is 1. The number of ether oxygens (including phenoxy) is 1. The zero-order valence-electron chi connectivity index (χ0n) is 15.5. The van der Waals surface area contributed by atoms with Crippen molar-refractivity contribution in [3.63, 3.8) is 0 Å². The normalized spacial score (nSPS) is 20.5. The maximum Gasteiger partial charge on any atom is 0.251 e. The molecule has 1 aromatic carbocycles. The molecule has 2 fully saturated rings.